The zero-order valence-electron chi connectivity index (χ0n) is 13.6. The number of rotatable bonds is 1. The number of pyridine rings is 2. The summed E-state index contributed by atoms with van der Waals surface area (Å²) in [4.78, 5) is 9.34. The molecule has 3 aromatic rings. The van der Waals surface area contributed by atoms with Crippen LogP contribution in [0.1, 0.15) is 37.0 Å². The zero-order chi connectivity index (χ0) is 15.5. The van der Waals surface area contributed by atoms with Crippen LogP contribution in [-0.2, 0) is 12.8 Å². The molecular formula is C20H22N2. The number of benzene rings is 1. The fraction of sp³-hybridized carbons (Fsp3) is 0.300. The molecule has 112 valence electrons. The normalized spacial score (nSPS) is 12.7. The van der Waals surface area contributed by atoms with Crippen molar-refractivity contribution >= 4 is 10.9 Å². The lowest BCUT2D eigenvalue weighted by atomic mass is 10.0. The standard InChI is InChI=1S/C18H16N2.C2H6/c1-12-11-17(16-7-2-3-10-19-16)20-18-14(12)9-8-13-5-4-6-15(13)18;1-2/h2-3,7-11H,4-6H2,1H3;1-2H3. The van der Waals surface area contributed by atoms with Crippen molar-refractivity contribution in [2.24, 2.45) is 0 Å². The molecule has 1 aliphatic rings. The van der Waals surface area contributed by atoms with Crippen molar-refractivity contribution in [2.45, 2.75) is 40.0 Å². The van der Waals surface area contributed by atoms with Gasteiger partial charge in [0.05, 0.1) is 16.9 Å². The van der Waals surface area contributed by atoms with Crippen LogP contribution >= 0.6 is 0 Å². The second kappa shape index (κ2) is 6.27. The highest BCUT2D eigenvalue weighted by Gasteiger charge is 2.16. The van der Waals surface area contributed by atoms with Crippen LogP contribution in [0.15, 0.2) is 42.6 Å². The van der Waals surface area contributed by atoms with Gasteiger partial charge in [-0.25, -0.2) is 4.98 Å². The van der Waals surface area contributed by atoms with E-state index >= 15 is 0 Å². The van der Waals surface area contributed by atoms with Gasteiger partial charge in [-0.2, -0.15) is 0 Å². The molecule has 22 heavy (non-hydrogen) atoms. The molecule has 0 N–H and O–H groups in total. The summed E-state index contributed by atoms with van der Waals surface area (Å²) in [5.41, 5.74) is 7.32. The minimum atomic E-state index is 0.952. The van der Waals surface area contributed by atoms with Gasteiger partial charge in [0.15, 0.2) is 0 Å². The van der Waals surface area contributed by atoms with Crippen molar-refractivity contribution in [1.29, 1.82) is 0 Å². The first kappa shape index (κ1) is 14.7. The van der Waals surface area contributed by atoms with E-state index in [9.17, 15) is 0 Å². The van der Waals surface area contributed by atoms with Gasteiger partial charge in [-0.3, -0.25) is 4.98 Å². The molecule has 1 aliphatic carbocycles. The summed E-state index contributed by atoms with van der Waals surface area (Å²) in [7, 11) is 0. The van der Waals surface area contributed by atoms with Crippen molar-refractivity contribution in [3.63, 3.8) is 0 Å². The molecule has 0 saturated carbocycles. The number of aromatic nitrogens is 2. The first-order valence-corrected chi connectivity index (χ1v) is 8.16. The summed E-state index contributed by atoms with van der Waals surface area (Å²) in [5.74, 6) is 0. The van der Waals surface area contributed by atoms with E-state index in [0.717, 1.165) is 17.8 Å². The molecule has 1 aromatic carbocycles. The van der Waals surface area contributed by atoms with E-state index in [-0.39, 0.29) is 0 Å². The van der Waals surface area contributed by atoms with Gasteiger partial charge in [-0.05, 0) is 61.1 Å². The molecule has 0 bridgehead atoms. The topological polar surface area (TPSA) is 25.8 Å². The predicted molar refractivity (Wildman–Crippen MR) is 93.1 cm³/mol. The third-order valence-electron chi connectivity index (χ3n) is 4.19. The number of hydrogen-bond acceptors (Lipinski definition) is 2. The van der Waals surface area contributed by atoms with Crippen LogP contribution in [-0.4, -0.2) is 9.97 Å². The molecule has 0 spiro atoms. The van der Waals surface area contributed by atoms with Crippen molar-refractivity contribution in [3.05, 3.63) is 59.3 Å². The van der Waals surface area contributed by atoms with Crippen molar-refractivity contribution < 1.29 is 0 Å². The van der Waals surface area contributed by atoms with Gasteiger partial charge in [-0.15, -0.1) is 0 Å². The van der Waals surface area contributed by atoms with E-state index in [0.29, 0.717) is 0 Å². The Morgan fingerprint density at radius 3 is 2.59 bits per heavy atom. The average molecular weight is 290 g/mol. The van der Waals surface area contributed by atoms with Crippen LogP contribution in [0.5, 0.6) is 0 Å². The van der Waals surface area contributed by atoms with Crippen LogP contribution < -0.4 is 0 Å². The summed E-state index contributed by atoms with van der Waals surface area (Å²) in [5, 5.41) is 1.28. The maximum Gasteiger partial charge on any atom is 0.0896 e. The highest BCUT2D eigenvalue weighted by Crippen LogP contribution is 2.32. The molecule has 2 heterocycles. The molecule has 2 nitrogen and oxygen atoms in total. The first-order chi connectivity index (χ1) is 10.8. The quantitative estimate of drug-likeness (QED) is 0.621. The lowest BCUT2D eigenvalue weighted by molar-refractivity contribution is 0.913. The maximum atomic E-state index is 4.92. The van der Waals surface area contributed by atoms with Crippen LogP contribution in [0.25, 0.3) is 22.3 Å². The number of nitrogens with zero attached hydrogens (tertiary/aromatic N) is 2. The highest BCUT2D eigenvalue weighted by molar-refractivity contribution is 5.88. The van der Waals surface area contributed by atoms with Crippen LogP contribution in [0, 0.1) is 6.92 Å². The largest absolute Gasteiger partial charge is 0.255 e. The van der Waals surface area contributed by atoms with Crippen LogP contribution in [0.2, 0.25) is 0 Å². The second-order valence-electron chi connectivity index (χ2n) is 5.49. The zero-order valence-corrected chi connectivity index (χ0v) is 13.6. The minimum absolute atomic E-state index is 0.952. The molecule has 0 atom stereocenters. The van der Waals surface area contributed by atoms with E-state index in [2.05, 4.69) is 30.1 Å². The maximum absolute atomic E-state index is 4.92. The number of hydrogen-bond donors (Lipinski definition) is 0. The molecule has 0 fully saturated rings. The van der Waals surface area contributed by atoms with Crippen LogP contribution in [0.4, 0.5) is 0 Å². The Bertz CT molecular complexity index is 792. The molecule has 0 unspecified atom stereocenters. The number of aryl methyl sites for hydroxylation is 3. The smallest absolute Gasteiger partial charge is 0.0896 e. The summed E-state index contributed by atoms with van der Waals surface area (Å²) in [6.45, 7) is 6.16. The molecular weight excluding hydrogens is 268 g/mol. The number of fused-ring (bicyclic) bond motifs is 3. The third-order valence-corrected chi connectivity index (χ3v) is 4.19. The van der Waals surface area contributed by atoms with Gasteiger partial charge < -0.3 is 0 Å². The molecule has 0 aliphatic heterocycles. The van der Waals surface area contributed by atoms with E-state index < -0.39 is 0 Å². The van der Waals surface area contributed by atoms with Crippen molar-refractivity contribution in [2.75, 3.05) is 0 Å². The molecule has 2 heteroatoms. The molecule has 0 saturated heterocycles. The Balaban J connectivity index is 0.000000693. The van der Waals surface area contributed by atoms with Crippen LogP contribution in [0.3, 0.4) is 0 Å². The van der Waals surface area contributed by atoms with Gasteiger partial charge >= 0.3 is 0 Å². The summed E-state index contributed by atoms with van der Waals surface area (Å²) < 4.78 is 0. The summed E-state index contributed by atoms with van der Waals surface area (Å²) in [6, 6.07) is 12.6. The van der Waals surface area contributed by atoms with E-state index in [4.69, 9.17) is 4.98 Å². The summed E-state index contributed by atoms with van der Waals surface area (Å²) >= 11 is 0. The van der Waals surface area contributed by atoms with Gasteiger partial charge in [0.2, 0.25) is 0 Å². The van der Waals surface area contributed by atoms with E-state index in [1.54, 1.807) is 0 Å². The Hall–Kier alpha value is -2.22. The van der Waals surface area contributed by atoms with Crippen molar-refractivity contribution in [1.82, 2.24) is 9.97 Å². The van der Waals surface area contributed by atoms with Gasteiger partial charge in [0.1, 0.15) is 0 Å². The second-order valence-corrected chi connectivity index (χ2v) is 5.49. The Morgan fingerprint density at radius 1 is 0.955 bits per heavy atom. The Morgan fingerprint density at radius 2 is 1.82 bits per heavy atom. The molecule has 4 rings (SSSR count). The summed E-state index contributed by atoms with van der Waals surface area (Å²) in [6.07, 6.45) is 5.43. The van der Waals surface area contributed by atoms with Gasteiger partial charge in [0.25, 0.3) is 0 Å². The average Bonchev–Trinajstić information content (AvgIpc) is 3.06. The SMILES string of the molecule is CC.Cc1cc(-c2ccccn2)nc2c3c(ccc12)CCC3. The fourth-order valence-corrected chi connectivity index (χ4v) is 3.17. The molecule has 2 aromatic heterocycles. The van der Waals surface area contributed by atoms with Gasteiger partial charge in [0, 0.05) is 11.6 Å². The monoisotopic (exact) mass is 290 g/mol. The minimum Gasteiger partial charge on any atom is -0.255 e. The van der Waals surface area contributed by atoms with E-state index in [1.807, 2.05) is 38.2 Å². The lowest BCUT2D eigenvalue weighted by Gasteiger charge is -2.10. The molecule has 0 radical (unpaired) electrons. The fourth-order valence-electron chi connectivity index (χ4n) is 3.17. The molecule has 0 amide bonds. The van der Waals surface area contributed by atoms with Gasteiger partial charge in [-0.1, -0.05) is 32.0 Å². The lowest BCUT2D eigenvalue weighted by Crippen LogP contribution is -1.94. The Labute approximate surface area is 132 Å². The van der Waals surface area contributed by atoms with E-state index in [1.165, 1.54) is 40.4 Å². The Kier molecular flexibility index (Phi) is 4.19. The van der Waals surface area contributed by atoms with Crippen molar-refractivity contribution in [3.8, 4) is 11.4 Å². The highest BCUT2D eigenvalue weighted by atomic mass is 14.8. The third kappa shape index (κ3) is 2.50. The predicted octanol–water partition coefficient (Wildman–Crippen LogP) is 5.12. The first-order valence-electron chi connectivity index (χ1n) is 8.16.